The quantitative estimate of drug-likeness (QED) is 0.751. The first-order valence-corrected chi connectivity index (χ1v) is 4.47. The molecule has 0 aliphatic carbocycles. The van der Waals surface area contributed by atoms with Gasteiger partial charge in [0.1, 0.15) is 11.3 Å². The third-order valence-corrected chi connectivity index (χ3v) is 2.52. The van der Waals surface area contributed by atoms with Crippen molar-refractivity contribution < 1.29 is 19.4 Å². The molecule has 0 radical (unpaired) electrons. The second-order valence-corrected chi connectivity index (χ2v) is 3.45. The van der Waals surface area contributed by atoms with E-state index in [0.29, 0.717) is 16.7 Å². The molecule has 0 fully saturated rings. The lowest BCUT2D eigenvalue weighted by molar-refractivity contribution is 0.0664. The lowest BCUT2D eigenvalue weighted by Crippen LogP contribution is -1.94. The van der Waals surface area contributed by atoms with E-state index in [0.717, 1.165) is 5.39 Å². The van der Waals surface area contributed by atoms with Crippen molar-refractivity contribution in [3.8, 4) is 5.75 Å². The van der Waals surface area contributed by atoms with Gasteiger partial charge in [-0.2, -0.15) is 0 Å². The van der Waals surface area contributed by atoms with E-state index in [-0.39, 0.29) is 11.5 Å². The van der Waals surface area contributed by atoms with E-state index in [2.05, 4.69) is 0 Å². The van der Waals surface area contributed by atoms with E-state index in [9.17, 15) is 9.90 Å². The number of phenols is 1. The number of hydrogen-bond acceptors (Lipinski definition) is 3. The van der Waals surface area contributed by atoms with Crippen molar-refractivity contribution in [2.45, 2.75) is 13.8 Å². The first kappa shape index (κ1) is 9.58. The Balaban J connectivity index is 2.88. The Morgan fingerprint density at radius 2 is 1.93 bits per heavy atom. The van der Waals surface area contributed by atoms with Crippen molar-refractivity contribution in [2.75, 3.05) is 0 Å². The minimum absolute atomic E-state index is 0.0706. The Bertz CT molecular complexity index is 551. The van der Waals surface area contributed by atoms with Crippen LogP contribution in [-0.2, 0) is 0 Å². The fourth-order valence-electron chi connectivity index (χ4n) is 1.61. The Morgan fingerprint density at radius 3 is 2.53 bits per heavy atom. The highest BCUT2D eigenvalue weighted by atomic mass is 16.4. The molecule has 1 aromatic heterocycles. The zero-order chi connectivity index (χ0) is 11.2. The van der Waals surface area contributed by atoms with E-state index in [1.807, 2.05) is 0 Å². The molecule has 2 aromatic rings. The molecule has 0 amide bonds. The van der Waals surface area contributed by atoms with E-state index >= 15 is 0 Å². The Kier molecular flexibility index (Phi) is 1.93. The van der Waals surface area contributed by atoms with Gasteiger partial charge in [-0.05, 0) is 26.0 Å². The summed E-state index contributed by atoms with van der Waals surface area (Å²) in [7, 11) is 0. The van der Waals surface area contributed by atoms with Gasteiger partial charge in [0.25, 0.3) is 0 Å². The maximum absolute atomic E-state index is 10.8. The zero-order valence-corrected chi connectivity index (χ0v) is 8.37. The van der Waals surface area contributed by atoms with Gasteiger partial charge in [0.2, 0.25) is 5.76 Å². The fraction of sp³-hybridized carbons (Fsp3) is 0.182. The van der Waals surface area contributed by atoms with Crippen LogP contribution in [0.4, 0.5) is 0 Å². The number of rotatable bonds is 1. The minimum atomic E-state index is -1.09. The third-order valence-electron chi connectivity index (χ3n) is 2.52. The number of carboxylic acids is 1. The molecule has 78 valence electrons. The van der Waals surface area contributed by atoms with Gasteiger partial charge >= 0.3 is 5.97 Å². The zero-order valence-electron chi connectivity index (χ0n) is 8.37. The molecule has 0 unspecified atom stereocenters. The van der Waals surface area contributed by atoms with Crippen molar-refractivity contribution in [1.82, 2.24) is 0 Å². The fourth-order valence-corrected chi connectivity index (χ4v) is 1.61. The normalized spacial score (nSPS) is 10.8. The average Bonchev–Trinajstić information content (AvgIpc) is 2.51. The summed E-state index contributed by atoms with van der Waals surface area (Å²) >= 11 is 0. The highest BCUT2D eigenvalue weighted by Crippen LogP contribution is 2.32. The molecule has 0 aliphatic heterocycles. The lowest BCUT2D eigenvalue weighted by atomic mass is 10.1. The molecule has 1 aromatic carbocycles. The Hall–Kier alpha value is -1.97. The highest BCUT2D eigenvalue weighted by Gasteiger charge is 2.18. The van der Waals surface area contributed by atoms with Crippen LogP contribution >= 0.6 is 0 Å². The number of benzene rings is 1. The van der Waals surface area contributed by atoms with E-state index in [4.69, 9.17) is 9.52 Å². The van der Waals surface area contributed by atoms with Crippen LogP contribution < -0.4 is 0 Å². The first-order chi connectivity index (χ1) is 7.02. The second-order valence-electron chi connectivity index (χ2n) is 3.45. The van der Waals surface area contributed by atoms with Crippen molar-refractivity contribution in [3.63, 3.8) is 0 Å². The monoisotopic (exact) mass is 206 g/mol. The van der Waals surface area contributed by atoms with Crippen LogP contribution in [0.2, 0.25) is 0 Å². The molecule has 15 heavy (non-hydrogen) atoms. The van der Waals surface area contributed by atoms with E-state index < -0.39 is 5.97 Å². The number of aromatic hydroxyl groups is 1. The predicted molar refractivity (Wildman–Crippen MR) is 54.3 cm³/mol. The number of phenolic OH excluding ortho intramolecular Hbond substituents is 1. The van der Waals surface area contributed by atoms with E-state index in [1.165, 1.54) is 6.07 Å². The SMILES string of the molecule is Cc1c(C(=O)O)oc2c(C)c(O)ccc12. The number of aryl methyl sites for hydroxylation is 2. The summed E-state index contributed by atoms with van der Waals surface area (Å²) < 4.78 is 5.21. The molecule has 2 rings (SSSR count). The topological polar surface area (TPSA) is 70.7 Å². The number of carbonyl (C=O) groups is 1. The molecule has 0 bridgehead atoms. The van der Waals surface area contributed by atoms with Gasteiger partial charge in [-0.15, -0.1) is 0 Å². The van der Waals surface area contributed by atoms with Crippen LogP contribution in [0.15, 0.2) is 16.5 Å². The number of fused-ring (bicyclic) bond motifs is 1. The molecular formula is C11H10O4. The number of carboxylic acid groups (broad SMARTS) is 1. The smallest absolute Gasteiger partial charge is 0.372 e. The molecular weight excluding hydrogens is 196 g/mol. The van der Waals surface area contributed by atoms with Gasteiger partial charge in [-0.3, -0.25) is 0 Å². The average molecular weight is 206 g/mol. The molecule has 4 heteroatoms. The highest BCUT2D eigenvalue weighted by molar-refractivity contribution is 5.96. The van der Waals surface area contributed by atoms with E-state index in [1.54, 1.807) is 19.9 Å². The molecule has 0 aliphatic rings. The summed E-state index contributed by atoms with van der Waals surface area (Å²) in [5, 5.41) is 19.0. The maximum Gasteiger partial charge on any atom is 0.372 e. The van der Waals surface area contributed by atoms with Crippen LogP contribution in [0.3, 0.4) is 0 Å². The van der Waals surface area contributed by atoms with Crippen LogP contribution in [0, 0.1) is 13.8 Å². The predicted octanol–water partition coefficient (Wildman–Crippen LogP) is 2.45. The van der Waals surface area contributed by atoms with Gasteiger partial charge in [0.05, 0.1) is 0 Å². The van der Waals surface area contributed by atoms with Gasteiger partial charge in [-0.25, -0.2) is 4.79 Å². The number of aromatic carboxylic acids is 1. The van der Waals surface area contributed by atoms with Crippen molar-refractivity contribution in [2.24, 2.45) is 0 Å². The van der Waals surface area contributed by atoms with Gasteiger partial charge in [0, 0.05) is 16.5 Å². The second kappa shape index (κ2) is 3.02. The van der Waals surface area contributed by atoms with Crippen LogP contribution in [0.25, 0.3) is 11.0 Å². The summed E-state index contributed by atoms with van der Waals surface area (Å²) in [5.41, 5.74) is 1.58. The van der Waals surface area contributed by atoms with Crippen molar-refractivity contribution in [1.29, 1.82) is 0 Å². The van der Waals surface area contributed by atoms with Crippen molar-refractivity contribution >= 4 is 16.9 Å². The summed E-state index contributed by atoms with van der Waals surface area (Å²) in [6.07, 6.45) is 0. The Morgan fingerprint density at radius 1 is 1.27 bits per heavy atom. The molecule has 2 N–H and O–H groups in total. The van der Waals surface area contributed by atoms with Gasteiger partial charge < -0.3 is 14.6 Å². The molecule has 1 heterocycles. The number of furan rings is 1. The van der Waals surface area contributed by atoms with Crippen molar-refractivity contribution in [3.05, 3.63) is 29.0 Å². The molecule has 0 saturated carbocycles. The standard InChI is InChI=1S/C11H10O4/c1-5-7-3-4-8(12)6(2)9(7)15-10(5)11(13)14/h3-4,12H,1-2H3,(H,13,14). The summed E-state index contributed by atoms with van der Waals surface area (Å²) in [5.74, 6) is -1.06. The number of hydrogen-bond donors (Lipinski definition) is 2. The lowest BCUT2D eigenvalue weighted by Gasteiger charge is -1.97. The first-order valence-electron chi connectivity index (χ1n) is 4.47. The summed E-state index contributed by atoms with van der Waals surface area (Å²) in [6.45, 7) is 3.37. The van der Waals surface area contributed by atoms with Crippen LogP contribution in [0.1, 0.15) is 21.7 Å². The molecule has 0 saturated heterocycles. The maximum atomic E-state index is 10.8. The minimum Gasteiger partial charge on any atom is -0.508 e. The summed E-state index contributed by atoms with van der Waals surface area (Å²) in [6, 6.07) is 3.19. The largest absolute Gasteiger partial charge is 0.508 e. The third kappa shape index (κ3) is 1.26. The molecule has 0 atom stereocenters. The van der Waals surface area contributed by atoms with Gasteiger partial charge in [-0.1, -0.05) is 0 Å². The van der Waals surface area contributed by atoms with Gasteiger partial charge in [0.15, 0.2) is 0 Å². The summed E-state index contributed by atoms with van der Waals surface area (Å²) in [4.78, 5) is 10.8. The van der Waals surface area contributed by atoms with Crippen LogP contribution in [0.5, 0.6) is 5.75 Å². The van der Waals surface area contributed by atoms with Crippen LogP contribution in [-0.4, -0.2) is 16.2 Å². The molecule has 0 spiro atoms. The Labute approximate surface area is 85.8 Å². The molecule has 4 nitrogen and oxygen atoms in total.